The van der Waals surface area contributed by atoms with E-state index >= 15 is 0 Å². The molecule has 19 heavy (non-hydrogen) atoms. The largest absolute Gasteiger partial charge is 0.322 e. The molecule has 0 aromatic heterocycles. The average molecular weight is 282 g/mol. The zero-order valence-corrected chi connectivity index (χ0v) is 11.0. The van der Waals surface area contributed by atoms with Crippen LogP contribution in [0.5, 0.6) is 0 Å². The van der Waals surface area contributed by atoms with Gasteiger partial charge in [0.2, 0.25) is 11.8 Å². The molecule has 1 heterocycles. The van der Waals surface area contributed by atoms with Gasteiger partial charge in [-0.1, -0.05) is 17.7 Å². The van der Waals surface area contributed by atoms with Crippen molar-refractivity contribution in [1.82, 2.24) is 10.2 Å². The molecule has 7 heteroatoms. The number of anilines is 1. The van der Waals surface area contributed by atoms with Crippen LogP contribution in [0.25, 0.3) is 0 Å². The quantitative estimate of drug-likeness (QED) is 0.758. The molecule has 100 valence electrons. The summed E-state index contributed by atoms with van der Waals surface area (Å²) < 4.78 is 0. The van der Waals surface area contributed by atoms with Gasteiger partial charge in [0.1, 0.15) is 13.1 Å². The number of hydrogen-bond acceptors (Lipinski definition) is 3. The first-order valence-electron chi connectivity index (χ1n) is 5.60. The summed E-state index contributed by atoms with van der Waals surface area (Å²) >= 11 is 5.95. The molecule has 1 saturated heterocycles. The highest BCUT2D eigenvalue weighted by Crippen LogP contribution is 2.20. The molecule has 0 bridgehead atoms. The molecule has 1 aromatic carbocycles. The number of benzene rings is 1. The van der Waals surface area contributed by atoms with Crippen molar-refractivity contribution in [2.75, 3.05) is 18.4 Å². The van der Waals surface area contributed by atoms with Crippen LogP contribution in [-0.2, 0) is 9.59 Å². The van der Waals surface area contributed by atoms with Crippen molar-refractivity contribution < 1.29 is 14.4 Å². The van der Waals surface area contributed by atoms with Crippen LogP contribution < -0.4 is 10.6 Å². The molecule has 2 rings (SSSR count). The third-order valence-electron chi connectivity index (χ3n) is 2.66. The number of halogens is 1. The number of urea groups is 1. The van der Waals surface area contributed by atoms with Gasteiger partial charge in [-0.15, -0.1) is 0 Å². The highest BCUT2D eigenvalue weighted by Gasteiger charge is 2.26. The molecule has 1 aliphatic rings. The first-order valence-corrected chi connectivity index (χ1v) is 5.98. The first kappa shape index (κ1) is 13.4. The molecule has 4 amide bonds. The molecule has 1 aromatic rings. The number of imide groups is 1. The zero-order chi connectivity index (χ0) is 14.0. The Morgan fingerprint density at radius 2 is 1.95 bits per heavy atom. The van der Waals surface area contributed by atoms with E-state index < -0.39 is 17.8 Å². The minimum atomic E-state index is -0.511. The van der Waals surface area contributed by atoms with Gasteiger partial charge in [0, 0.05) is 10.7 Å². The van der Waals surface area contributed by atoms with E-state index in [0.29, 0.717) is 10.7 Å². The molecule has 2 N–H and O–H groups in total. The number of hydrogen-bond donors (Lipinski definition) is 2. The molecule has 0 unspecified atom stereocenters. The third-order valence-corrected chi connectivity index (χ3v) is 3.07. The number of carbonyl (C=O) groups is 3. The van der Waals surface area contributed by atoms with E-state index in [4.69, 9.17) is 11.6 Å². The van der Waals surface area contributed by atoms with Crippen LogP contribution in [-0.4, -0.2) is 35.8 Å². The summed E-state index contributed by atoms with van der Waals surface area (Å²) in [6.45, 7) is 1.57. The van der Waals surface area contributed by atoms with Crippen molar-refractivity contribution in [1.29, 1.82) is 0 Å². The fraction of sp³-hybridized carbons (Fsp3) is 0.250. The normalized spacial score (nSPS) is 15.2. The zero-order valence-electron chi connectivity index (χ0n) is 10.2. The van der Waals surface area contributed by atoms with Gasteiger partial charge in [-0.2, -0.15) is 0 Å². The second kappa shape index (κ2) is 5.27. The van der Waals surface area contributed by atoms with Gasteiger partial charge in [0.15, 0.2) is 0 Å². The fourth-order valence-electron chi connectivity index (χ4n) is 1.65. The Morgan fingerprint density at radius 3 is 2.53 bits per heavy atom. The summed E-state index contributed by atoms with van der Waals surface area (Å²) in [4.78, 5) is 35.4. The number of carbonyl (C=O) groups excluding carboxylic acids is 3. The molecule has 1 fully saturated rings. The summed E-state index contributed by atoms with van der Waals surface area (Å²) in [5.74, 6) is -0.985. The number of piperazine rings is 1. The Balaban J connectivity index is 2.06. The predicted molar refractivity (Wildman–Crippen MR) is 69.9 cm³/mol. The van der Waals surface area contributed by atoms with Gasteiger partial charge in [0.25, 0.3) is 0 Å². The van der Waals surface area contributed by atoms with Crippen molar-refractivity contribution in [3.05, 3.63) is 28.8 Å². The molecule has 0 atom stereocenters. The van der Waals surface area contributed by atoms with Crippen molar-refractivity contribution in [3.63, 3.8) is 0 Å². The van der Waals surface area contributed by atoms with Gasteiger partial charge in [-0.25, -0.2) is 4.79 Å². The molecule has 1 aliphatic heterocycles. The lowest BCUT2D eigenvalue weighted by Gasteiger charge is -2.25. The number of rotatable bonds is 1. The van der Waals surface area contributed by atoms with E-state index in [9.17, 15) is 14.4 Å². The van der Waals surface area contributed by atoms with E-state index in [1.807, 2.05) is 6.92 Å². The van der Waals surface area contributed by atoms with Crippen LogP contribution in [0.4, 0.5) is 10.5 Å². The van der Waals surface area contributed by atoms with E-state index in [2.05, 4.69) is 10.6 Å². The summed E-state index contributed by atoms with van der Waals surface area (Å²) in [6.07, 6.45) is 0. The van der Waals surface area contributed by atoms with Crippen molar-refractivity contribution in [2.24, 2.45) is 0 Å². The van der Waals surface area contributed by atoms with E-state index in [0.717, 1.165) is 10.5 Å². The van der Waals surface area contributed by atoms with Crippen LogP contribution in [0, 0.1) is 6.92 Å². The highest BCUT2D eigenvalue weighted by molar-refractivity contribution is 6.31. The molecule has 0 radical (unpaired) electrons. The van der Waals surface area contributed by atoms with Crippen LogP contribution in [0.15, 0.2) is 18.2 Å². The number of aryl methyl sites for hydroxylation is 1. The van der Waals surface area contributed by atoms with Crippen LogP contribution in [0.1, 0.15) is 5.56 Å². The maximum Gasteiger partial charge on any atom is 0.322 e. The maximum absolute atomic E-state index is 11.9. The number of nitrogens with one attached hydrogen (secondary N) is 2. The molecule has 6 nitrogen and oxygen atoms in total. The molecule has 0 aliphatic carbocycles. The summed E-state index contributed by atoms with van der Waals surface area (Å²) in [5, 5.41) is 5.25. The average Bonchev–Trinajstić information content (AvgIpc) is 2.32. The lowest BCUT2D eigenvalue weighted by Crippen LogP contribution is -2.54. The van der Waals surface area contributed by atoms with Gasteiger partial charge < -0.3 is 10.2 Å². The van der Waals surface area contributed by atoms with Gasteiger partial charge in [0.05, 0.1) is 0 Å². The van der Waals surface area contributed by atoms with E-state index in [1.54, 1.807) is 18.2 Å². The van der Waals surface area contributed by atoms with E-state index in [1.165, 1.54) is 0 Å². The Labute approximate surface area is 114 Å². The fourth-order valence-corrected chi connectivity index (χ4v) is 1.83. The monoisotopic (exact) mass is 281 g/mol. The lowest BCUT2D eigenvalue weighted by atomic mass is 10.2. The van der Waals surface area contributed by atoms with Crippen molar-refractivity contribution in [3.8, 4) is 0 Å². The van der Waals surface area contributed by atoms with Crippen molar-refractivity contribution >= 4 is 35.1 Å². The van der Waals surface area contributed by atoms with Gasteiger partial charge >= 0.3 is 6.03 Å². The summed E-state index contributed by atoms with van der Waals surface area (Å²) in [5.41, 5.74) is 1.41. The molecule has 0 spiro atoms. The van der Waals surface area contributed by atoms with Crippen LogP contribution in [0.3, 0.4) is 0 Å². The summed E-state index contributed by atoms with van der Waals surface area (Å²) in [7, 11) is 0. The first-order chi connectivity index (χ1) is 8.95. The minimum absolute atomic E-state index is 0.142. The Bertz CT molecular complexity index is 543. The molecule has 0 saturated carbocycles. The van der Waals surface area contributed by atoms with E-state index in [-0.39, 0.29) is 13.1 Å². The topological polar surface area (TPSA) is 78.5 Å². The highest BCUT2D eigenvalue weighted by atomic mass is 35.5. The minimum Gasteiger partial charge on any atom is -0.308 e. The second-order valence-corrected chi connectivity index (χ2v) is 4.63. The van der Waals surface area contributed by atoms with Crippen molar-refractivity contribution in [2.45, 2.75) is 6.92 Å². The van der Waals surface area contributed by atoms with Crippen LogP contribution >= 0.6 is 11.6 Å². The predicted octanol–water partition coefficient (Wildman–Crippen LogP) is 1.14. The second-order valence-electron chi connectivity index (χ2n) is 4.22. The number of nitrogens with zero attached hydrogens (tertiary/aromatic N) is 1. The standard InChI is InChI=1S/C12H12ClN3O3/c1-7-2-3-8(4-9(7)13)14-12(19)16-5-10(17)15-11(18)6-16/h2-4H,5-6H2,1H3,(H,14,19)(H,15,17,18). The van der Waals surface area contributed by atoms with Gasteiger partial charge in [-0.3, -0.25) is 14.9 Å². The van der Waals surface area contributed by atoms with Crippen LogP contribution in [0.2, 0.25) is 5.02 Å². The lowest BCUT2D eigenvalue weighted by molar-refractivity contribution is -0.134. The van der Waals surface area contributed by atoms with Gasteiger partial charge in [-0.05, 0) is 24.6 Å². The molecular formula is C12H12ClN3O3. The number of amides is 4. The summed E-state index contributed by atoms with van der Waals surface area (Å²) in [6, 6.07) is 4.57. The molecular weight excluding hydrogens is 270 g/mol. The third kappa shape index (κ3) is 3.23. The smallest absolute Gasteiger partial charge is 0.308 e. The Hall–Kier alpha value is -2.08. The SMILES string of the molecule is Cc1ccc(NC(=O)N2CC(=O)NC(=O)C2)cc1Cl. The Morgan fingerprint density at radius 1 is 1.32 bits per heavy atom. The maximum atomic E-state index is 11.9. The Kier molecular flexibility index (Phi) is 3.71.